The Labute approximate surface area is 138 Å². The van der Waals surface area contributed by atoms with Gasteiger partial charge in [0, 0.05) is 0 Å². The Kier molecular flexibility index (Phi) is 6.31. The van der Waals surface area contributed by atoms with E-state index in [0.717, 1.165) is 36.2 Å². The van der Waals surface area contributed by atoms with Crippen molar-refractivity contribution in [2.24, 2.45) is 0 Å². The molecule has 0 fully saturated rings. The normalized spacial score (nSPS) is 13.7. The highest BCUT2D eigenvalue weighted by molar-refractivity contribution is 5.63. The molecule has 2 rings (SSSR count). The van der Waals surface area contributed by atoms with Crippen molar-refractivity contribution >= 4 is 0 Å². The van der Waals surface area contributed by atoms with Crippen molar-refractivity contribution in [2.75, 3.05) is 13.1 Å². The lowest BCUT2D eigenvalue weighted by atomic mass is 9.91. The lowest BCUT2D eigenvalue weighted by Crippen LogP contribution is -2.28. The van der Waals surface area contributed by atoms with E-state index in [1.165, 1.54) is 18.6 Å². The fraction of sp³-hybridized carbons (Fsp3) is 0.400. The molecule has 3 heteroatoms. The highest BCUT2D eigenvalue weighted by Crippen LogP contribution is 2.27. The highest BCUT2D eigenvalue weighted by atomic mass is 19.1. The Morgan fingerprint density at radius 1 is 0.957 bits per heavy atom. The summed E-state index contributed by atoms with van der Waals surface area (Å²) in [5, 5.41) is 14.0. The van der Waals surface area contributed by atoms with Gasteiger partial charge in [-0.1, -0.05) is 49.7 Å². The zero-order chi connectivity index (χ0) is 16.7. The summed E-state index contributed by atoms with van der Waals surface area (Å²) in [6.45, 7) is 5.81. The zero-order valence-corrected chi connectivity index (χ0v) is 14.0. The van der Waals surface area contributed by atoms with Crippen LogP contribution in [-0.2, 0) is 5.60 Å². The molecule has 0 aromatic heterocycles. The summed E-state index contributed by atoms with van der Waals surface area (Å²) in [6.07, 6.45) is 3.01. The summed E-state index contributed by atoms with van der Waals surface area (Å²) in [7, 11) is 0. The third-order valence-corrected chi connectivity index (χ3v) is 4.18. The van der Waals surface area contributed by atoms with Crippen LogP contribution >= 0.6 is 0 Å². The minimum atomic E-state index is -0.847. The lowest BCUT2D eigenvalue weighted by Gasteiger charge is -2.24. The van der Waals surface area contributed by atoms with Gasteiger partial charge in [-0.25, -0.2) is 4.39 Å². The van der Waals surface area contributed by atoms with Crippen LogP contribution < -0.4 is 5.32 Å². The average molecular weight is 315 g/mol. The molecule has 0 aliphatic rings. The summed E-state index contributed by atoms with van der Waals surface area (Å²) >= 11 is 0. The molecule has 0 bridgehead atoms. The molecule has 1 unspecified atom stereocenters. The summed E-state index contributed by atoms with van der Waals surface area (Å²) in [4.78, 5) is 0. The van der Waals surface area contributed by atoms with Crippen LogP contribution in [0.5, 0.6) is 0 Å². The molecule has 2 N–H and O–H groups in total. The van der Waals surface area contributed by atoms with Gasteiger partial charge in [0.25, 0.3) is 0 Å². The van der Waals surface area contributed by atoms with Crippen LogP contribution in [0.1, 0.15) is 38.7 Å². The van der Waals surface area contributed by atoms with Crippen LogP contribution in [0.4, 0.5) is 4.39 Å². The molecule has 23 heavy (non-hydrogen) atoms. The average Bonchev–Trinajstić information content (AvgIpc) is 2.55. The maximum Gasteiger partial charge on any atom is 0.123 e. The summed E-state index contributed by atoms with van der Waals surface area (Å²) in [5.41, 5.74) is 2.05. The maximum atomic E-state index is 13.0. The van der Waals surface area contributed by atoms with E-state index in [0.29, 0.717) is 6.42 Å². The molecule has 2 aromatic rings. The van der Waals surface area contributed by atoms with Crippen molar-refractivity contribution in [3.63, 3.8) is 0 Å². The van der Waals surface area contributed by atoms with Gasteiger partial charge in [0.2, 0.25) is 0 Å². The number of halogens is 1. The van der Waals surface area contributed by atoms with Gasteiger partial charge in [-0.3, -0.25) is 0 Å². The molecular weight excluding hydrogens is 289 g/mol. The molecule has 124 valence electrons. The standard InChI is InChI=1S/C20H26FNO/c1-3-4-14-22-15-13-20(2,23)18-9-5-16(6-10-18)17-7-11-19(21)12-8-17/h5-12,22-23H,3-4,13-15H2,1-2H3. The first kappa shape index (κ1) is 17.6. The molecule has 1 atom stereocenters. The molecule has 2 nitrogen and oxygen atoms in total. The Morgan fingerprint density at radius 2 is 1.52 bits per heavy atom. The predicted octanol–water partition coefficient (Wildman–Crippen LogP) is 4.48. The molecule has 0 aliphatic carbocycles. The van der Waals surface area contributed by atoms with Crippen LogP contribution in [0.2, 0.25) is 0 Å². The van der Waals surface area contributed by atoms with Crippen molar-refractivity contribution < 1.29 is 9.50 Å². The van der Waals surface area contributed by atoms with E-state index < -0.39 is 5.60 Å². The van der Waals surface area contributed by atoms with Crippen LogP contribution in [0.3, 0.4) is 0 Å². The van der Waals surface area contributed by atoms with Gasteiger partial charge in [0.15, 0.2) is 0 Å². The van der Waals surface area contributed by atoms with Crippen molar-refractivity contribution in [3.8, 4) is 11.1 Å². The number of hydrogen-bond donors (Lipinski definition) is 2. The van der Waals surface area contributed by atoms with Crippen molar-refractivity contribution in [3.05, 3.63) is 59.9 Å². The van der Waals surface area contributed by atoms with E-state index in [-0.39, 0.29) is 5.82 Å². The number of benzene rings is 2. The highest BCUT2D eigenvalue weighted by Gasteiger charge is 2.22. The molecule has 0 heterocycles. The summed E-state index contributed by atoms with van der Waals surface area (Å²) in [6, 6.07) is 14.3. The summed E-state index contributed by atoms with van der Waals surface area (Å²) < 4.78 is 13.0. The van der Waals surface area contributed by atoms with Gasteiger partial charge in [-0.15, -0.1) is 0 Å². The van der Waals surface area contributed by atoms with Crippen LogP contribution in [0.25, 0.3) is 11.1 Å². The second kappa shape index (κ2) is 8.23. The van der Waals surface area contributed by atoms with Crippen LogP contribution in [0.15, 0.2) is 48.5 Å². The fourth-order valence-electron chi connectivity index (χ4n) is 2.57. The molecule has 0 saturated carbocycles. The maximum absolute atomic E-state index is 13.0. The van der Waals surface area contributed by atoms with Crippen LogP contribution in [0, 0.1) is 5.82 Å². The van der Waals surface area contributed by atoms with Crippen LogP contribution in [-0.4, -0.2) is 18.2 Å². The minimum absolute atomic E-state index is 0.233. The molecule has 2 aromatic carbocycles. The Balaban J connectivity index is 1.98. The monoisotopic (exact) mass is 315 g/mol. The Hall–Kier alpha value is -1.71. The van der Waals surface area contributed by atoms with Gasteiger partial charge in [-0.2, -0.15) is 0 Å². The Bertz CT molecular complexity index is 590. The largest absolute Gasteiger partial charge is 0.385 e. The van der Waals surface area contributed by atoms with Gasteiger partial charge >= 0.3 is 0 Å². The molecule has 0 spiro atoms. The third-order valence-electron chi connectivity index (χ3n) is 4.18. The number of rotatable bonds is 8. The Morgan fingerprint density at radius 3 is 2.09 bits per heavy atom. The quantitative estimate of drug-likeness (QED) is 0.704. The van der Waals surface area contributed by atoms with Gasteiger partial charge in [0.1, 0.15) is 5.82 Å². The second-order valence-corrected chi connectivity index (χ2v) is 6.21. The van der Waals surface area contributed by atoms with E-state index in [9.17, 15) is 9.50 Å². The SMILES string of the molecule is CCCCNCCC(C)(O)c1ccc(-c2ccc(F)cc2)cc1. The van der Waals surface area contributed by atoms with Crippen molar-refractivity contribution in [2.45, 2.75) is 38.7 Å². The van der Waals surface area contributed by atoms with E-state index in [2.05, 4.69) is 12.2 Å². The topological polar surface area (TPSA) is 32.3 Å². The predicted molar refractivity (Wildman–Crippen MR) is 93.8 cm³/mol. The van der Waals surface area contributed by atoms with Crippen molar-refractivity contribution in [1.29, 1.82) is 0 Å². The molecule has 0 amide bonds. The number of unbranched alkanes of at least 4 members (excludes halogenated alkanes) is 1. The zero-order valence-electron chi connectivity index (χ0n) is 14.0. The molecule has 0 saturated heterocycles. The lowest BCUT2D eigenvalue weighted by molar-refractivity contribution is 0.0480. The van der Waals surface area contributed by atoms with Gasteiger partial charge in [-0.05, 0) is 61.7 Å². The number of nitrogens with one attached hydrogen (secondary N) is 1. The second-order valence-electron chi connectivity index (χ2n) is 6.21. The number of aliphatic hydroxyl groups is 1. The van der Waals surface area contributed by atoms with Gasteiger partial charge < -0.3 is 10.4 Å². The first-order chi connectivity index (χ1) is 11.0. The van der Waals surface area contributed by atoms with Gasteiger partial charge in [0.05, 0.1) is 5.60 Å². The molecule has 0 aliphatic heterocycles. The number of hydrogen-bond acceptors (Lipinski definition) is 2. The molecule has 0 radical (unpaired) electrons. The fourth-order valence-corrected chi connectivity index (χ4v) is 2.57. The van der Waals surface area contributed by atoms with Crippen molar-refractivity contribution in [1.82, 2.24) is 5.32 Å². The smallest absolute Gasteiger partial charge is 0.123 e. The van der Waals surface area contributed by atoms with E-state index in [1.54, 1.807) is 12.1 Å². The van der Waals surface area contributed by atoms with E-state index >= 15 is 0 Å². The third kappa shape index (κ3) is 5.15. The van der Waals surface area contributed by atoms with E-state index in [1.807, 2.05) is 31.2 Å². The molecular formula is C20H26FNO. The first-order valence-corrected chi connectivity index (χ1v) is 8.32. The first-order valence-electron chi connectivity index (χ1n) is 8.32. The summed E-state index contributed by atoms with van der Waals surface area (Å²) in [5.74, 6) is -0.233. The van der Waals surface area contributed by atoms with E-state index in [4.69, 9.17) is 0 Å². The minimum Gasteiger partial charge on any atom is -0.385 e.